The highest BCUT2D eigenvalue weighted by Crippen LogP contribution is 2.32. The average Bonchev–Trinajstić information content (AvgIpc) is 3.20. The van der Waals surface area contributed by atoms with Crippen LogP contribution < -0.4 is 10.6 Å². The van der Waals surface area contributed by atoms with Crippen LogP contribution in [0.2, 0.25) is 10.0 Å². The van der Waals surface area contributed by atoms with Gasteiger partial charge >= 0.3 is 0 Å². The van der Waals surface area contributed by atoms with Crippen molar-refractivity contribution in [2.24, 2.45) is 0 Å². The average molecular weight is 390 g/mol. The Kier molecular flexibility index (Phi) is 5.25. The molecule has 3 rings (SSSR count). The zero-order valence-corrected chi connectivity index (χ0v) is 15.2. The summed E-state index contributed by atoms with van der Waals surface area (Å²) >= 11 is 14.6. The van der Waals surface area contributed by atoms with Gasteiger partial charge in [-0.15, -0.1) is 10.2 Å². The molecule has 0 radical (unpaired) electrons. The van der Waals surface area contributed by atoms with Gasteiger partial charge < -0.3 is 10.6 Å². The number of hydrogen-bond acceptors (Lipinski definition) is 7. The Morgan fingerprint density at radius 1 is 1.43 bits per heavy atom. The van der Waals surface area contributed by atoms with Crippen LogP contribution >= 0.6 is 46.3 Å². The van der Waals surface area contributed by atoms with Crippen LogP contribution in [0, 0.1) is 0 Å². The fourth-order valence-corrected chi connectivity index (χ4v) is 4.05. The molecule has 2 heterocycles. The molecular weight excluding hydrogens is 377 g/mol. The standard InChI is InChI=1S/C13H13Cl2N5OS2/c1-6(11(21)18-10-9(15)4-7(14)5-16-10)22-13-20-19-12(23-13)17-8-2-3-8/h4-6,8H,2-3H2,1H3,(H,17,19)(H,16,18,21)/t6-/m0/s1. The first-order chi connectivity index (χ1) is 11.0. The summed E-state index contributed by atoms with van der Waals surface area (Å²) in [6.07, 6.45) is 3.78. The maximum atomic E-state index is 12.2. The molecule has 2 aromatic rings. The number of aromatic nitrogens is 3. The van der Waals surface area contributed by atoms with Crippen molar-refractivity contribution in [1.82, 2.24) is 15.2 Å². The number of carbonyl (C=O) groups is 1. The Morgan fingerprint density at radius 2 is 2.22 bits per heavy atom. The first-order valence-electron chi connectivity index (χ1n) is 6.90. The molecule has 23 heavy (non-hydrogen) atoms. The van der Waals surface area contributed by atoms with E-state index in [0.717, 1.165) is 9.47 Å². The van der Waals surface area contributed by atoms with Gasteiger partial charge in [0.25, 0.3) is 0 Å². The van der Waals surface area contributed by atoms with Crippen LogP contribution in [0.4, 0.5) is 10.9 Å². The number of nitrogens with zero attached hydrogens (tertiary/aromatic N) is 3. The number of anilines is 2. The van der Waals surface area contributed by atoms with E-state index in [9.17, 15) is 4.79 Å². The molecule has 2 N–H and O–H groups in total. The van der Waals surface area contributed by atoms with Gasteiger partial charge in [0.1, 0.15) is 0 Å². The van der Waals surface area contributed by atoms with E-state index in [2.05, 4.69) is 25.8 Å². The minimum Gasteiger partial charge on any atom is -0.357 e. The van der Waals surface area contributed by atoms with Crippen molar-refractivity contribution in [3.8, 4) is 0 Å². The molecule has 1 aliphatic rings. The summed E-state index contributed by atoms with van der Waals surface area (Å²) in [5.74, 6) is 0.0838. The monoisotopic (exact) mass is 389 g/mol. The lowest BCUT2D eigenvalue weighted by Gasteiger charge is -2.10. The second kappa shape index (κ2) is 7.21. The van der Waals surface area contributed by atoms with E-state index in [-0.39, 0.29) is 11.2 Å². The smallest absolute Gasteiger partial charge is 0.238 e. The summed E-state index contributed by atoms with van der Waals surface area (Å²) < 4.78 is 0.742. The fourth-order valence-electron chi connectivity index (χ4n) is 1.65. The molecule has 0 aromatic carbocycles. The molecule has 6 nitrogen and oxygen atoms in total. The van der Waals surface area contributed by atoms with Gasteiger partial charge in [-0.3, -0.25) is 4.79 Å². The number of thioether (sulfide) groups is 1. The minimum absolute atomic E-state index is 0.210. The lowest BCUT2D eigenvalue weighted by atomic mass is 10.4. The summed E-state index contributed by atoms with van der Waals surface area (Å²) in [6.45, 7) is 1.79. The van der Waals surface area contributed by atoms with E-state index < -0.39 is 0 Å². The van der Waals surface area contributed by atoms with Crippen molar-refractivity contribution in [1.29, 1.82) is 0 Å². The minimum atomic E-state index is -0.356. The molecule has 0 aliphatic heterocycles. The quantitative estimate of drug-likeness (QED) is 0.728. The molecule has 0 spiro atoms. The zero-order chi connectivity index (χ0) is 16.4. The predicted octanol–water partition coefficient (Wildman–Crippen LogP) is 3.93. The number of carbonyl (C=O) groups excluding carboxylic acids is 1. The van der Waals surface area contributed by atoms with E-state index in [1.807, 2.05) is 0 Å². The van der Waals surface area contributed by atoms with Crippen LogP contribution in [-0.4, -0.2) is 32.4 Å². The van der Waals surface area contributed by atoms with Crippen molar-refractivity contribution in [3.63, 3.8) is 0 Å². The lowest BCUT2D eigenvalue weighted by molar-refractivity contribution is -0.115. The van der Waals surface area contributed by atoms with E-state index in [0.29, 0.717) is 21.9 Å². The van der Waals surface area contributed by atoms with Crippen LogP contribution in [0.15, 0.2) is 16.6 Å². The van der Waals surface area contributed by atoms with Gasteiger partial charge in [0.15, 0.2) is 10.2 Å². The highest BCUT2D eigenvalue weighted by molar-refractivity contribution is 8.02. The number of rotatable bonds is 6. The van der Waals surface area contributed by atoms with Crippen molar-refractivity contribution in [3.05, 3.63) is 22.3 Å². The van der Waals surface area contributed by atoms with E-state index in [4.69, 9.17) is 23.2 Å². The normalized spacial score (nSPS) is 15.3. The van der Waals surface area contributed by atoms with Crippen molar-refractivity contribution < 1.29 is 4.79 Å². The second-order valence-electron chi connectivity index (χ2n) is 5.03. The third-order valence-electron chi connectivity index (χ3n) is 3.01. The van der Waals surface area contributed by atoms with E-state index in [1.165, 1.54) is 48.2 Å². The number of pyridine rings is 1. The fraction of sp³-hybridized carbons (Fsp3) is 0.385. The predicted molar refractivity (Wildman–Crippen MR) is 94.8 cm³/mol. The van der Waals surface area contributed by atoms with Gasteiger partial charge in [-0.25, -0.2) is 4.98 Å². The zero-order valence-electron chi connectivity index (χ0n) is 12.0. The maximum Gasteiger partial charge on any atom is 0.238 e. The Hall–Kier alpha value is -1.09. The molecule has 0 bridgehead atoms. The molecule has 1 atom stereocenters. The second-order valence-corrected chi connectivity index (χ2v) is 8.43. The highest BCUT2D eigenvalue weighted by atomic mass is 35.5. The van der Waals surface area contributed by atoms with Crippen LogP contribution in [0.1, 0.15) is 19.8 Å². The summed E-state index contributed by atoms with van der Waals surface area (Å²) in [4.78, 5) is 16.2. The number of amides is 1. The van der Waals surface area contributed by atoms with Gasteiger partial charge in [-0.05, 0) is 25.8 Å². The summed E-state index contributed by atoms with van der Waals surface area (Å²) in [5.41, 5.74) is 0. The molecule has 0 unspecified atom stereocenters. The third-order valence-corrected chi connectivity index (χ3v) is 5.54. The van der Waals surface area contributed by atoms with E-state index >= 15 is 0 Å². The summed E-state index contributed by atoms with van der Waals surface area (Å²) in [6, 6.07) is 2.06. The van der Waals surface area contributed by atoms with Gasteiger partial charge in [-0.2, -0.15) is 0 Å². The molecule has 1 amide bonds. The number of hydrogen-bond donors (Lipinski definition) is 2. The molecule has 1 aliphatic carbocycles. The van der Waals surface area contributed by atoms with Gasteiger partial charge in [0, 0.05) is 12.2 Å². The highest BCUT2D eigenvalue weighted by Gasteiger charge is 2.23. The van der Waals surface area contributed by atoms with Crippen LogP contribution in [0.5, 0.6) is 0 Å². The molecular formula is C13H13Cl2N5OS2. The summed E-state index contributed by atoms with van der Waals surface area (Å²) in [7, 11) is 0. The van der Waals surface area contributed by atoms with Crippen LogP contribution in [0.25, 0.3) is 0 Å². The summed E-state index contributed by atoms with van der Waals surface area (Å²) in [5, 5.41) is 15.3. The molecule has 0 saturated heterocycles. The third kappa shape index (κ3) is 4.69. The first kappa shape index (κ1) is 16.8. The molecule has 10 heteroatoms. The Bertz CT molecular complexity index is 722. The Labute approximate surface area is 151 Å². The SMILES string of the molecule is C[C@H](Sc1nnc(NC2CC2)s1)C(=O)Nc1ncc(Cl)cc1Cl. The van der Waals surface area contributed by atoms with Crippen LogP contribution in [0.3, 0.4) is 0 Å². The Balaban J connectivity index is 1.57. The molecule has 2 aromatic heterocycles. The first-order valence-corrected chi connectivity index (χ1v) is 9.35. The van der Waals surface area contributed by atoms with E-state index in [1.54, 1.807) is 6.92 Å². The maximum absolute atomic E-state index is 12.2. The largest absolute Gasteiger partial charge is 0.357 e. The molecule has 1 saturated carbocycles. The molecule has 122 valence electrons. The molecule has 1 fully saturated rings. The van der Waals surface area contributed by atoms with Gasteiger partial charge in [-0.1, -0.05) is 46.3 Å². The van der Waals surface area contributed by atoms with Crippen molar-refractivity contribution >= 4 is 63.2 Å². The number of nitrogens with one attached hydrogen (secondary N) is 2. The van der Waals surface area contributed by atoms with Gasteiger partial charge in [0.2, 0.25) is 11.0 Å². The van der Waals surface area contributed by atoms with Crippen molar-refractivity contribution in [2.45, 2.75) is 35.4 Å². The Morgan fingerprint density at radius 3 is 2.91 bits per heavy atom. The van der Waals surface area contributed by atoms with Crippen molar-refractivity contribution in [2.75, 3.05) is 10.6 Å². The van der Waals surface area contributed by atoms with Crippen LogP contribution in [-0.2, 0) is 4.79 Å². The lowest BCUT2D eigenvalue weighted by Crippen LogP contribution is -2.23. The van der Waals surface area contributed by atoms with Gasteiger partial charge in [0.05, 0.1) is 15.3 Å². The number of halogens is 2. The topological polar surface area (TPSA) is 79.8 Å².